The molecule has 0 bridgehead atoms. The molecule has 0 saturated heterocycles. The van der Waals surface area contributed by atoms with Gasteiger partial charge < -0.3 is 0 Å². The minimum absolute atomic E-state index is 0.0145. The summed E-state index contributed by atoms with van der Waals surface area (Å²) in [4.78, 5) is 22.1. The maximum absolute atomic E-state index is 11.9. The Labute approximate surface area is 121 Å². The molecule has 0 atom stereocenters. The highest BCUT2D eigenvalue weighted by Gasteiger charge is 2.18. The van der Waals surface area contributed by atoms with Crippen molar-refractivity contribution in [3.8, 4) is 0 Å². The molecule has 106 valence electrons. The third kappa shape index (κ3) is 3.97. The van der Waals surface area contributed by atoms with Crippen LogP contribution in [0.15, 0.2) is 59.7 Å². The van der Waals surface area contributed by atoms with Crippen molar-refractivity contribution in [2.45, 2.75) is 6.42 Å². The van der Waals surface area contributed by atoms with Gasteiger partial charge in [0.1, 0.15) is 5.56 Å². The number of nitro groups is 1. The molecule has 0 fully saturated rings. The van der Waals surface area contributed by atoms with Crippen LogP contribution in [-0.2, 0) is 6.42 Å². The van der Waals surface area contributed by atoms with Crippen molar-refractivity contribution in [2.24, 2.45) is 5.10 Å². The summed E-state index contributed by atoms with van der Waals surface area (Å²) in [5.74, 6) is -0.605. The lowest BCUT2D eigenvalue weighted by Gasteiger charge is -2.01. The van der Waals surface area contributed by atoms with E-state index >= 15 is 0 Å². The smallest absolute Gasteiger partial charge is 0.267 e. The maximum Gasteiger partial charge on any atom is 0.282 e. The van der Waals surface area contributed by atoms with Crippen molar-refractivity contribution in [1.82, 2.24) is 5.43 Å². The van der Waals surface area contributed by atoms with Crippen LogP contribution in [0.25, 0.3) is 0 Å². The number of nitrogens with one attached hydrogen (secondary N) is 1. The predicted octanol–water partition coefficient (Wildman–Crippen LogP) is 2.55. The lowest BCUT2D eigenvalue weighted by molar-refractivity contribution is -0.385. The Balaban J connectivity index is 1.98. The van der Waals surface area contributed by atoms with Gasteiger partial charge in [0.15, 0.2) is 0 Å². The van der Waals surface area contributed by atoms with Crippen LogP contribution in [0.5, 0.6) is 0 Å². The van der Waals surface area contributed by atoms with Crippen LogP contribution >= 0.6 is 0 Å². The second kappa shape index (κ2) is 6.95. The van der Waals surface area contributed by atoms with Crippen molar-refractivity contribution in [1.29, 1.82) is 0 Å². The Morgan fingerprint density at radius 1 is 1.14 bits per heavy atom. The van der Waals surface area contributed by atoms with Crippen molar-refractivity contribution < 1.29 is 9.72 Å². The van der Waals surface area contributed by atoms with Crippen LogP contribution < -0.4 is 5.43 Å². The number of nitrogens with zero attached hydrogens (tertiary/aromatic N) is 2. The fraction of sp³-hybridized carbons (Fsp3) is 0.0667. The highest BCUT2D eigenvalue weighted by Crippen LogP contribution is 2.17. The molecule has 1 N–H and O–H groups in total. The molecule has 0 unspecified atom stereocenters. The van der Waals surface area contributed by atoms with Crippen molar-refractivity contribution in [2.75, 3.05) is 0 Å². The van der Waals surface area contributed by atoms with E-state index in [9.17, 15) is 14.9 Å². The van der Waals surface area contributed by atoms with Crippen LogP contribution in [-0.4, -0.2) is 17.0 Å². The Morgan fingerprint density at radius 3 is 2.52 bits per heavy atom. The Kier molecular flexibility index (Phi) is 4.76. The second-order valence-corrected chi connectivity index (χ2v) is 4.22. The predicted molar refractivity (Wildman–Crippen MR) is 79.2 cm³/mol. The molecule has 0 saturated carbocycles. The molecular weight excluding hydrogens is 270 g/mol. The number of para-hydroxylation sites is 1. The van der Waals surface area contributed by atoms with Gasteiger partial charge in [-0.05, 0) is 11.6 Å². The molecule has 0 aliphatic carbocycles. The van der Waals surface area contributed by atoms with Crippen LogP contribution in [0, 0.1) is 10.1 Å². The summed E-state index contributed by atoms with van der Waals surface area (Å²) in [6.07, 6.45) is 2.11. The standard InChI is InChI=1S/C15H13N3O3/c19-15(13-8-4-5-9-14(13)18(20)21)17-16-11-10-12-6-2-1-3-7-12/h1-9,11H,10H2,(H,17,19). The fourth-order valence-corrected chi connectivity index (χ4v) is 1.75. The molecule has 6 heteroatoms. The summed E-state index contributed by atoms with van der Waals surface area (Å²) in [5, 5.41) is 14.6. The van der Waals surface area contributed by atoms with E-state index in [-0.39, 0.29) is 11.3 Å². The zero-order valence-electron chi connectivity index (χ0n) is 11.1. The van der Waals surface area contributed by atoms with Crippen LogP contribution in [0.1, 0.15) is 15.9 Å². The fourth-order valence-electron chi connectivity index (χ4n) is 1.75. The third-order valence-electron chi connectivity index (χ3n) is 2.77. The number of benzene rings is 2. The number of hydrazone groups is 1. The molecule has 0 aromatic heterocycles. The molecule has 0 aliphatic heterocycles. The van der Waals surface area contributed by atoms with Crippen LogP contribution in [0.3, 0.4) is 0 Å². The molecule has 0 radical (unpaired) electrons. The number of carbonyl (C=O) groups is 1. The van der Waals surface area contributed by atoms with E-state index in [1.165, 1.54) is 18.2 Å². The minimum Gasteiger partial charge on any atom is -0.267 e. The zero-order chi connectivity index (χ0) is 15.1. The third-order valence-corrected chi connectivity index (χ3v) is 2.77. The van der Waals surface area contributed by atoms with E-state index in [1.54, 1.807) is 12.3 Å². The number of nitro benzene ring substituents is 1. The second-order valence-electron chi connectivity index (χ2n) is 4.22. The topological polar surface area (TPSA) is 84.6 Å². The van der Waals surface area contributed by atoms with E-state index in [0.29, 0.717) is 6.42 Å². The summed E-state index contributed by atoms with van der Waals surface area (Å²) < 4.78 is 0. The lowest BCUT2D eigenvalue weighted by atomic mass is 10.2. The normalized spacial score (nSPS) is 10.5. The summed E-state index contributed by atoms with van der Waals surface area (Å²) in [7, 11) is 0. The first kappa shape index (κ1) is 14.4. The van der Waals surface area contributed by atoms with Gasteiger partial charge in [-0.1, -0.05) is 42.5 Å². The van der Waals surface area contributed by atoms with Gasteiger partial charge in [0, 0.05) is 18.7 Å². The van der Waals surface area contributed by atoms with Gasteiger partial charge in [0.25, 0.3) is 11.6 Å². The van der Waals surface area contributed by atoms with E-state index in [2.05, 4.69) is 10.5 Å². The highest BCUT2D eigenvalue weighted by atomic mass is 16.6. The molecule has 6 nitrogen and oxygen atoms in total. The Hall–Kier alpha value is -3.02. The summed E-state index contributed by atoms with van der Waals surface area (Å²) in [6.45, 7) is 0. The molecule has 0 spiro atoms. The quantitative estimate of drug-likeness (QED) is 0.520. The molecule has 1 amide bonds. The average Bonchev–Trinajstić information content (AvgIpc) is 2.52. The lowest BCUT2D eigenvalue weighted by Crippen LogP contribution is -2.19. The summed E-state index contributed by atoms with van der Waals surface area (Å²) in [6, 6.07) is 15.4. The largest absolute Gasteiger partial charge is 0.282 e. The first-order valence-corrected chi connectivity index (χ1v) is 6.27. The Morgan fingerprint density at radius 2 is 1.81 bits per heavy atom. The first-order valence-electron chi connectivity index (χ1n) is 6.27. The van der Waals surface area contributed by atoms with Gasteiger partial charge in [-0.2, -0.15) is 5.10 Å². The summed E-state index contributed by atoms with van der Waals surface area (Å²) in [5.41, 5.74) is 3.09. The average molecular weight is 283 g/mol. The van der Waals surface area contributed by atoms with E-state index in [1.807, 2.05) is 30.3 Å². The van der Waals surface area contributed by atoms with Gasteiger partial charge in [-0.25, -0.2) is 5.43 Å². The number of carbonyl (C=O) groups excluding carboxylic acids is 1. The van der Waals surface area contributed by atoms with Gasteiger partial charge >= 0.3 is 0 Å². The van der Waals surface area contributed by atoms with Crippen LogP contribution in [0.2, 0.25) is 0 Å². The molecule has 21 heavy (non-hydrogen) atoms. The molecule has 2 rings (SSSR count). The SMILES string of the molecule is O=C(NN=CCc1ccccc1)c1ccccc1[N+](=O)[O-]. The molecule has 0 aliphatic rings. The van der Waals surface area contributed by atoms with Crippen molar-refractivity contribution >= 4 is 17.8 Å². The van der Waals surface area contributed by atoms with Crippen LogP contribution in [0.4, 0.5) is 5.69 Å². The van der Waals surface area contributed by atoms with Gasteiger partial charge in [-0.15, -0.1) is 0 Å². The summed E-state index contributed by atoms with van der Waals surface area (Å²) >= 11 is 0. The molecule has 2 aromatic carbocycles. The number of hydrogen-bond donors (Lipinski definition) is 1. The zero-order valence-corrected chi connectivity index (χ0v) is 11.1. The van der Waals surface area contributed by atoms with E-state index in [0.717, 1.165) is 5.56 Å². The van der Waals surface area contributed by atoms with Crippen molar-refractivity contribution in [3.63, 3.8) is 0 Å². The molecule has 0 heterocycles. The van der Waals surface area contributed by atoms with E-state index in [4.69, 9.17) is 0 Å². The van der Waals surface area contributed by atoms with Gasteiger partial charge in [0.05, 0.1) is 4.92 Å². The number of hydrogen-bond acceptors (Lipinski definition) is 4. The van der Waals surface area contributed by atoms with Gasteiger partial charge in [-0.3, -0.25) is 14.9 Å². The number of rotatable bonds is 5. The van der Waals surface area contributed by atoms with Gasteiger partial charge in [0.2, 0.25) is 0 Å². The molecular formula is C15H13N3O3. The van der Waals surface area contributed by atoms with Crippen molar-refractivity contribution in [3.05, 3.63) is 75.8 Å². The minimum atomic E-state index is -0.605. The Bertz CT molecular complexity index is 669. The number of amides is 1. The highest BCUT2D eigenvalue weighted by molar-refractivity contribution is 5.98. The first-order chi connectivity index (χ1) is 10.2. The van der Waals surface area contributed by atoms with E-state index < -0.39 is 10.8 Å². The maximum atomic E-state index is 11.9. The molecule has 2 aromatic rings. The monoisotopic (exact) mass is 283 g/mol.